The smallest absolute Gasteiger partial charge is 0.191 e. The van der Waals surface area contributed by atoms with Crippen molar-refractivity contribution in [3.63, 3.8) is 0 Å². The molecule has 0 aromatic heterocycles. The average molecular weight is 428 g/mol. The van der Waals surface area contributed by atoms with E-state index in [0.717, 1.165) is 25.1 Å². The summed E-state index contributed by atoms with van der Waals surface area (Å²) in [4.78, 5) is 7.04. The number of hydrogen-bond acceptors (Lipinski definition) is 2. The molecule has 1 aliphatic heterocycles. The van der Waals surface area contributed by atoms with E-state index in [9.17, 15) is 0 Å². The molecule has 2 fully saturated rings. The van der Waals surface area contributed by atoms with Gasteiger partial charge in [-0.25, -0.2) is 0 Å². The Labute approximate surface area is 157 Å². The zero-order chi connectivity index (χ0) is 15.2. The fraction of sp³-hybridized carbons (Fsp3) is 0.611. The Morgan fingerprint density at radius 1 is 1.17 bits per heavy atom. The zero-order valence-corrected chi connectivity index (χ0v) is 16.3. The van der Waals surface area contributed by atoms with Crippen LogP contribution in [-0.4, -0.2) is 43.1 Å². The lowest BCUT2D eigenvalue weighted by molar-refractivity contribution is 0.242. The fourth-order valence-corrected chi connectivity index (χ4v) is 3.68. The lowest BCUT2D eigenvalue weighted by atomic mass is 10.2. The van der Waals surface area contributed by atoms with Crippen molar-refractivity contribution in [3.8, 4) is 0 Å². The first-order valence-corrected chi connectivity index (χ1v) is 8.60. The second-order valence-electron chi connectivity index (χ2n) is 6.47. The molecule has 4 nitrogen and oxygen atoms in total. The van der Waals surface area contributed by atoms with Crippen molar-refractivity contribution >= 4 is 29.9 Å². The maximum atomic E-state index is 4.37. The average Bonchev–Trinajstić information content (AvgIpc) is 3.23. The van der Waals surface area contributed by atoms with E-state index < -0.39 is 0 Å². The van der Waals surface area contributed by atoms with Gasteiger partial charge in [-0.1, -0.05) is 43.2 Å². The first kappa shape index (κ1) is 18.5. The lowest BCUT2D eigenvalue weighted by Crippen LogP contribution is -2.45. The largest absolute Gasteiger partial charge is 0.352 e. The molecule has 23 heavy (non-hydrogen) atoms. The number of halogens is 1. The second kappa shape index (κ2) is 9.47. The summed E-state index contributed by atoms with van der Waals surface area (Å²) in [5, 5.41) is 7.00. The van der Waals surface area contributed by atoms with Gasteiger partial charge < -0.3 is 10.6 Å². The van der Waals surface area contributed by atoms with Gasteiger partial charge in [0.05, 0.1) is 0 Å². The van der Waals surface area contributed by atoms with Crippen molar-refractivity contribution in [2.75, 3.05) is 20.1 Å². The van der Waals surface area contributed by atoms with Gasteiger partial charge >= 0.3 is 0 Å². The molecule has 1 unspecified atom stereocenters. The molecule has 1 aromatic carbocycles. The molecule has 2 aliphatic rings. The van der Waals surface area contributed by atoms with Crippen LogP contribution in [0.2, 0.25) is 0 Å². The summed E-state index contributed by atoms with van der Waals surface area (Å²) in [5.41, 5.74) is 1.28. The van der Waals surface area contributed by atoms with Gasteiger partial charge in [-0.2, -0.15) is 0 Å². The van der Waals surface area contributed by atoms with Crippen molar-refractivity contribution in [1.82, 2.24) is 15.5 Å². The van der Waals surface area contributed by atoms with Gasteiger partial charge in [-0.3, -0.25) is 9.89 Å². The Morgan fingerprint density at radius 3 is 2.61 bits per heavy atom. The number of nitrogens with zero attached hydrogens (tertiary/aromatic N) is 2. The zero-order valence-electron chi connectivity index (χ0n) is 14.0. The number of hydrogen-bond donors (Lipinski definition) is 2. The van der Waals surface area contributed by atoms with Gasteiger partial charge in [-0.15, -0.1) is 24.0 Å². The fourth-order valence-electron chi connectivity index (χ4n) is 3.68. The first-order valence-electron chi connectivity index (χ1n) is 8.60. The maximum absolute atomic E-state index is 4.37. The van der Waals surface area contributed by atoms with E-state index in [1.807, 2.05) is 13.1 Å². The van der Waals surface area contributed by atoms with Crippen molar-refractivity contribution in [2.45, 2.75) is 50.7 Å². The van der Waals surface area contributed by atoms with Crippen molar-refractivity contribution in [1.29, 1.82) is 0 Å². The molecule has 1 aromatic rings. The van der Waals surface area contributed by atoms with Crippen LogP contribution in [0.1, 0.15) is 37.7 Å². The molecule has 128 valence electrons. The molecule has 1 heterocycles. The van der Waals surface area contributed by atoms with Crippen LogP contribution in [0.25, 0.3) is 0 Å². The highest BCUT2D eigenvalue weighted by atomic mass is 127. The van der Waals surface area contributed by atoms with E-state index in [4.69, 9.17) is 0 Å². The highest BCUT2D eigenvalue weighted by Gasteiger charge is 2.30. The van der Waals surface area contributed by atoms with Crippen molar-refractivity contribution < 1.29 is 0 Å². The monoisotopic (exact) mass is 428 g/mol. The topological polar surface area (TPSA) is 39.7 Å². The number of likely N-dealkylation sites (tertiary alicyclic amines) is 1. The molecule has 1 saturated heterocycles. The van der Waals surface area contributed by atoms with Crippen LogP contribution in [0.15, 0.2) is 35.3 Å². The molecule has 5 heteroatoms. The molecular weight excluding hydrogens is 399 g/mol. The van der Waals surface area contributed by atoms with E-state index >= 15 is 0 Å². The van der Waals surface area contributed by atoms with E-state index in [1.165, 1.54) is 44.2 Å². The van der Waals surface area contributed by atoms with Gasteiger partial charge in [0, 0.05) is 38.8 Å². The number of benzene rings is 1. The predicted octanol–water partition coefficient (Wildman–Crippen LogP) is 2.99. The summed E-state index contributed by atoms with van der Waals surface area (Å²) in [6.07, 6.45) is 6.85. The molecular formula is C18H29IN4. The summed E-state index contributed by atoms with van der Waals surface area (Å²) < 4.78 is 0. The Hall–Kier alpha value is -0.820. The molecule has 3 rings (SSSR count). The lowest BCUT2D eigenvalue weighted by Gasteiger charge is -2.24. The normalized spacial score (nSPS) is 22.8. The maximum Gasteiger partial charge on any atom is 0.191 e. The summed E-state index contributed by atoms with van der Waals surface area (Å²) >= 11 is 0. The van der Waals surface area contributed by atoms with Crippen molar-refractivity contribution in [2.24, 2.45) is 4.99 Å². The first-order chi connectivity index (χ1) is 10.8. The third kappa shape index (κ3) is 5.35. The van der Waals surface area contributed by atoms with Crippen LogP contribution in [0, 0.1) is 0 Å². The van der Waals surface area contributed by atoms with Crippen LogP contribution >= 0.6 is 24.0 Å². The van der Waals surface area contributed by atoms with E-state index in [2.05, 4.69) is 44.8 Å². The van der Waals surface area contributed by atoms with Gasteiger partial charge in [0.2, 0.25) is 0 Å². The van der Waals surface area contributed by atoms with Gasteiger partial charge in [-0.05, 0) is 24.8 Å². The summed E-state index contributed by atoms with van der Waals surface area (Å²) in [7, 11) is 1.85. The Bertz CT molecular complexity index is 485. The number of aliphatic imine (C=N–C) groups is 1. The standard InChI is InChI=1S/C18H28N4.HI/c1-19-18(20-13-15-7-3-2-4-8-15)21-16-11-12-22(14-16)17-9-5-6-10-17;/h2-4,7-8,16-17H,5-6,9-14H2,1H3,(H2,19,20,21);1H. The molecule has 1 aliphatic carbocycles. The molecule has 0 amide bonds. The number of rotatable bonds is 4. The molecule has 0 radical (unpaired) electrons. The summed E-state index contributed by atoms with van der Waals surface area (Å²) in [6.45, 7) is 3.22. The van der Waals surface area contributed by atoms with Gasteiger partial charge in [0.15, 0.2) is 5.96 Å². The van der Waals surface area contributed by atoms with E-state index in [0.29, 0.717) is 6.04 Å². The van der Waals surface area contributed by atoms with Crippen LogP contribution < -0.4 is 10.6 Å². The number of guanidine groups is 1. The Kier molecular flexibility index (Phi) is 7.62. The minimum atomic E-state index is 0. The minimum absolute atomic E-state index is 0. The van der Waals surface area contributed by atoms with Gasteiger partial charge in [0.1, 0.15) is 0 Å². The van der Waals surface area contributed by atoms with Crippen LogP contribution in [0.4, 0.5) is 0 Å². The Balaban J connectivity index is 0.00000192. The van der Waals surface area contributed by atoms with Crippen LogP contribution in [0.3, 0.4) is 0 Å². The molecule has 0 spiro atoms. The SMILES string of the molecule is CN=C(NCc1ccccc1)NC1CCN(C2CCCC2)C1.I. The van der Waals surface area contributed by atoms with E-state index in [-0.39, 0.29) is 24.0 Å². The van der Waals surface area contributed by atoms with Crippen LogP contribution in [0.5, 0.6) is 0 Å². The summed E-state index contributed by atoms with van der Waals surface area (Å²) in [5.74, 6) is 0.919. The minimum Gasteiger partial charge on any atom is -0.352 e. The molecule has 2 N–H and O–H groups in total. The van der Waals surface area contributed by atoms with Crippen LogP contribution in [-0.2, 0) is 6.54 Å². The molecule has 1 atom stereocenters. The Morgan fingerprint density at radius 2 is 1.91 bits per heavy atom. The molecule has 0 bridgehead atoms. The summed E-state index contributed by atoms with van der Waals surface area (Å²) in [6, 6.07) is 11.8. The molecule has 1 saturated carbocycles. The third-order valence-electron chi connectivity index (χ3n) is 4.93. The highest BCUT2D eigenvalue weighted by molar-refractivity contribution is 14.0. The highest BCUT2D eigenvalue weighted by Crippen LogP contribution is 2.26. The van der Waals surface area contributed by atoms with Gasteiger partial charge in [0.25, 0.3) is 0 Å². The second-order valence-corrected chi connectivity index (χ2v) is 6.47. The quantitative estimate of drug-likeness (QED) is 0.440. The third-order valence-corrected chi connectivity index (χ3v) is 4.93. The van der Waals surface area contributed by atoms with E-state index in [1.54, 1.807) is 0 Å². The number of nitrogens with one attached hydrogen (secondary N) is 2. The van der Waals surface area contributed by atoms with Crippen molar-refractivity contribution in [3.05, 3.63) is 35.9 Å². The predicted molar refractivity (Wildman–Crippen MR) is 107 cm³/mol.